The van der Waals surface area contributed by atoms with Gasteiger partial charge in [-0.05, 0) is 25.0 Å². The lowest BCUT2D eigenvalue weighted by Gasteiger charge is -2.18. The number of hydrogen-bond acceptors (Lipinski definition) is 3. The molecule has 2 aromatic rings. The van der Waals surface area contributed by atoms with E-state index in [2.05, 4.69) is 21.5 Å². The molecule has 0 aromatic carbocycles. The van der Waals surface area contributed by atoms with Gasteiger partial charge in [-0.1, -0.05) is 6.92 Å². The van der Waals surface area contributed by atoms with E-state index in [1.54, 1.807) is 0 Å². The Balaban J connectivity index is 1.94. The zero-order chi connectivity index (χ0) is 13.9. The van der Waals surface area contributed by atoms with Crippen LogP contribution < -0.4 is 0 Å². The van der Waals surface area contributed by atoms with E-state index in [9.17, 15) is 0 Å². The SMILES string of the molecule is CCC1OCCC1Cn1c(CCCl)nc2cccnc21. The lowest BCUT2D eigenvalue weighted by molar-refractivity contribution is 0.0835. The molecule has 1 aliphatic rings. The summed E-state index contributed by atoms with van der Waals surface area (Å²) in [7, 11) is 0. The fourth-order valence-corrected chi connectivity index (χ4v) is 3.23. The Bertz CT molecular complexity index is 584. The van der Waals surface area contributed by atoms with Crippen molar-refractivity contribution < 1.29 is 4.74 Å². The highest BCUT2D eigenvalue weighted by molar-refractivity contribution is 6.17. The molecule has 0 N–H and O–H groups in total. The van der Waals surface area contributed by atoms with E-state index < -0.39 is 0 Å². The highest BCUT2D eigenvalue weighted by Gasteiger charge is 2.28. The number of alkyl halides is 1. The van der Waals surface area contributed by atoms with E-state index in [4.69, 9.17) is 16.3 Å². The number of fused-ring (bicyclic) bond motifs is 1. The van der Waals surface area contributed by atoms with E-state index in [0.717, 1.165) is 49.4 Å². The van der Waals surface area contributed by atoms with Crippen molar-refractivity contribution in [3.63, 3.8) is 0 Å². The summed E-state index contributed by atoms with van der Waals surface area (Å²) in [5, 5.41) is 0. The van der Waals surface area contributed by atoms with Crippen LogP contribution in [0.1, 0.15) is 25.6 Å². The Kier molecular flexibility index (Phi) is 4.22. The Labute approximate surface area is 124 Å². The molecule has 108 valence electrons. The van der Waals surface area contributed by atoms with Gasteiger partial charge in [0.1, 0.15) is 11.3 Å². The van der Waals surface area contributed by atoms with Gasteiger partial charge in [-0.25, -0.2) is 9.97 Å². The van der Waals surface area contributed by atoms with Crippen molar-refractivity contribution in [3.05, 3.63) is 24.2 Å². The number of nitrogens with zero attached hydrogens (tertiary/aromatic N) is 3. The van der Waals surface area contributed by atoms with Gasteiger partial charge in [0, 0.05) is 37.6 Å². The summed E-state index contributed by atoms with van der Waals surface area (Å²) in [6, 6.07) is 3.94. The van der Waals surface area contributed by atoms with Gasteiger partial charge >= 0.3 is 0 Å². The number of ether oxygens (including phenoxy) is 1. The fraction of sp³-hybridized carbons (Fsp3) is 0.600. The molecule has 0 amide bonds. The first-order chi connectivity index (χ1) is 9.83. The van der Waals surface area contributed by atoms with Crippen LogP contribution in [0.3, 0.4) is 0 Å². The number of pyridine rings is 1. The van der Waals surface area contributed by atoms with Crippen LogP contribution in [0.25, 0.3) is 11.2 Å². The van der Waals surface area contributed by atoms with Crippen molar-refractivity contribution in [3.8, 4) is 0 Å². The minimum absolute atomic E-state index is 0.361. The van der Waals surface area contributed by atoms with Crippen molar-refractivity contribution in [2.75, 3.05) is 12.5 Å². The minimum atomic E-state index is 0.361. The molecular weight excluding hydrogens is 274 g/mol. The van der Waals surface area contributed by atoms with Crippen LogP contribution in [0.15, 0.2) is 18.3 Å². The first kappa shape index (κ1) is 13.8. The van der Waals surface area contributed by atoms with Crippen LogP contribution in [0, 0.1) is 5.92 Å². The molecule has 2 unspecified atom stereocenters. The van der Waals surface area contributed by atoms with Crippen LogP contribution in [-0.4, -0.2) is 33.1 Å². The van der Waals surface area contributed by atoms with Crippen LogP contribution >= 0.6 is 11.6 Å². The summed E-state index contributed by atoms with van der Waals surface area (Å²) in [6.07, 6.45) is 5.15. The second-order valence-corrected chi connectivity index (χ2v) is 5.67. The van der Waals surface area contributed by atoms with Crippen LogP contribution in [0.2, 0.25) is 0 Å². The fourth-order valence-electron chi connectivity index (χ4n) is 3.06. The van der Waals surface area contributed by atoms with Gasteiger partial charge in [-0.15, -0.1) is 11.6 Å². The Morgan fingerprint density at radius 2 is 2.40 bits per heavy atom. The predicted molar refractivity (Wildman–Crippen MR) is 80.1 cm³/mol. The molecule has 1 saturated heterocycles. The summed E-state index contributed by atoms with van der Waals surface area (Å²) >= 11 is 5.91. The van der Waals surface area contributed by atoms with E-state index in [-0.39, 0.29) is 0 Å². The molecule has 1 aliphatic heterocycles. The third-order valence-corrected chi connectivity index (χ3v) is 4.26. The molecule has 2 aromatic heterocycles. The van der Waals surface area contributed by atoms with E-state index >= 15 is 0 Å². The second kappa shape index (κ2) is 6.10. The standard InChI is InChI=1S/C15H20ClN3O/c1-2-13-11(6-9-20-13)10-19-14(5-7-16)18-12-4-3-8-17-15(12)19/h3-4,8,11,13H,2,5-7,9-10H2,1H3. The third kappa shape index (κ3) is 2.54. The number of hydrogen-bond donors (Lipinski definition) is 0. The number of rotatable bonds is 5. The normalized spacial score (nSPS) is 22.7. The van der Waals surface area contributed by atoms with Crippen molar-refractivity contribution in [1.82, 2.24) is 14.5 Å². The summed E-state index contributed by atoms with van der Waals surface area (Å²) in [4.78, 5) is 9.16. The highest BCUT2D eigenvalue weighted by Crippen LogP contribution is 2.27. The van der Waals surface area contributed by atoms with Gasteiger partial charge in [0.25, 0.3) is 0 Å². The Morgan fingerprint density at radius 3 is 3.20 bits per heavy atom. The number of aryl methyl sites for hydroxylation is 1. The predicted octanol–water partition coefficient (Wildman–Crippen LogP) is 3.03. The molecule has 3 heterocycles. The molecule has 0 saturated carbocycles. The van der Waals surface area contributed by atoms with Crippen molar-refractivity contribution in [2.24, 2.45) is 5.92 Å². The summed E-state index contributed by atoms with van der Waals surface area (Å²) < 4.78 is 8.03. The Morgan fingerprint density at radius 1 is 1.50 bits per heavy atom. The zero-order valence-electron chi connectivity index (χ0n) is 11.8. The van der Waals surface area contributed by atoms with Crippen LogP contribution in [0.4, 0.5) is 0 Å². The maximum Gasteiger partial charge on any atom is 0.159 e. The first-order valence-corrected chi connectivity index (χ1v) is 7.84. The third-order valence-electron chi connectivity index (χ3n) is 4.07. The average molecular weight is 294 g/mol. The topological polar surface area (TPSA) is 39.9 Å². The molecule has 3 rings (SSSR count). The van der Waals surface area contributed by atoms with Crippen molar-refractivity contribution in [1.29, 1.82) is 0 Å². The lowest BCUT2D eigenvalue weighted by atomic mass is 9.99. The van der Waals surface area contributed by atoms with Crippen molar-refractivity contribution >= 4 is 22.8 Å². The van der Waals surface area contributed by atoms with Gasteiger partial charge in [0.2, 0.25) is 0 Å². The first-order valence-electron chi connectivity index (χ1n) is 7.31. The maximum atomic E-state index is 5.91. The number of aromatic nitrogens is 3. The molecule has 5 heteroatoms. The average Bonchev–Trinajstić information content (AvgIpc) is 3.05. The number of halogens is 1. The van der Waals surface area contributed by atoms with Gasteiger partial charge < -0.3 is 9.30 Å². The molecular formula is C15H20ClN3O. The lowest BCUT2D eigenvalue weighted by Crippen LogP contribution is -2.21. The molecule has 1 fully saturated rings. The Hall–Kier alpha value is -1.13. The van der Waals surface area contributed by atoms with E-state index in [1.807, 2.05) is 18.3 Å². The maximum absolute atomic E-state index is 5.91. The van der Waals surface area contributed by atoms with Gasteiger partial charge in [-0.3, -0.25) is 0 Å². The molecule has 2 atom stereocenters. The summed E-state index contributed by atoms with van der Waals surface area (Å²) in [5.41, 5.74) is 1.92. The van der Waals surface area contributed by atoms with E-state index in [0.29, 0.717) is 17.9 Å². The highest BCUT2D eigenvalue weighted by atomic mass is 35.5. The minimum Gasteiger partial charge on any atom is -0.378 e. The molecule has 20 heavy (non-hydrogen) atoms. The van der Waals surface area contributed by atoms with Crippen LogP contribution in [-0.2, 0) is 17.7 Å². The van der Waals surface area contributed by atoms with Crippen molar-refractivity contribution in [2.45, 2.75) is 38.8 Å². The zero-order valence-corrected chi connectivity index (χ0v) is 12.5. The molecule has 0 radical (unpaired) electrons. The van der Waals surface area contributed by atoms with Crippen LogP contribution in [0.5, 0.6) is 0 Å². The summed E-state index contributed by atoms with van der Waals surface area (Å²) in [6.45, 7) is 3.99. The molecule has 0 spiro atoms. The molecule has 0 aliphatic carbocycles. The molecule has 4 nitrogen and oxygen atoms in total. The largest absolute Gasteiger partial charge is 0.378 e. The monoisotopic (exact) mass is 293 g/mol. The number of imidazole rings is 1. The smallest absolute Gasteiger partial charge is 0.159 e. The molecule has 0 bridgehead atoms. The second-order valence-electron chi connectivity index (χ2n) is 5.29. The quantitative estimate of drug-likeness (QED) is 0.796. The van der Waals surface area contributed by atoms with Gasteiger partial charge in [0.05, 0.1) is 6.10 Å². The van der Waals surface area contributed by atoms with Gasteiger partial charge in [0.15, 0.2) is 5.65 Å². The van der Waals surface area contributed by atoms with E-state index in [1.165, 1.54) is 0 Å². The van der Waals surface area contributed by atoms with Gasteiger partial charge in [-0.2, -0.15) is 0 Å². The summed E-state index contributed by atoms with van der Waals surface area (Å²) in [5.74, 6) is 2.17.